The van der Waals surface area contributed by atoms with Gasteiger partial charge in [-0.1, -0.05) is 42.5 Å². The van der Waals surface area contributed by atoms with Crippen molar-refractivity contribution in [2.45, 2.75) is 71.2 Å². The van der Waals surface area contributed by atoms with Gasteiger partial charge in [0, 0.05) is 23.1 Å². The van der Waals surface area contributed by atoms with Crippen LogP contribution in [0.25, 0.3) is 17.0 Å². The second kappa shape index (κ2) is 9.79. The summed E-state index contributed by atoms with van der Waals surface area (Å²) in [6.07, 6.45) is 6.29. The first kappa shape index (κ1) is 24.7. The van der Waals surface area contributed by atoms with Gasteiger partial charge >= 0.3 is 13.2 Å². The quantitative estimate of drug-likeness (QED) is 0.420. The maximum absolute atomic E-state index is 12.5. The summed E-state index contributed by atoms with van der Waals surface area (Å²) in [5.74, 6) is 0. The van der Waals surface area contributed by atoms with E-state index in [4.69, 9.17) is 14.0 Å². The van der Waals surface area contributed by atoms with Crippen LogP contribution in [0.4, 0.5) is 4.79 Å². The Morgan fingerprint density at radius 1 is 1.06 bits per heavy atom. The Kier molecular flexibility index (Phi) is 6.71. The molecule has 3 aromatic rings. The number of carbonyl (C=O) groups is 1. The van der Waals surface area contributed by atoms with Crippen LogP contribution in [0, 0.1) is 0 Å². The molecule has 0 atom stereocenters. The second-order valence-corrected chi connectivity index (χ2v) is 10.8. The number of rotatable bonds is 6. The fourth-order valence-corrected chi connectivity index (χ4v) is 4.87. The highest BCUT2D eigenvalue weighted by atomic mass is 16.7. The summed E-state index contributed by atoms with van der Waals surface area (Å²) in [7, 11) is -0.569. The van der Waals surface area contributed by atoms with Crippen molar-refractivity contribution in [3.05, 3.63) is 76.4 Å². The highest BCUT2D eigenvalue weighted by Crippen LogP contribution is 2.39. The van der Waals surface area contributed by atoms with E-state index in [-0.39, 0.29) is 13.2 Å². The molecule has 2 N–H and O–H groups in total. The van der Waals surface area contributed by atoms with Gasteiger partial charge in [-0.15, -0.1) is 0 Å². The molecule has 0 bridgehead atoms. The molecule has 1 fully saturated rings. The van der Waals surface area contributed by atoms with Crippen LogP contribution in [0.2, 0.25) is 0 Å². The number of hydrogen-bond donors (Lipinski definition) is 2. The van der Waals surface area contributed by atoms with Gasteiger partial charge in [-0.25, -0.2) is 4.79 Å². The summed E-state index contributed by atoms with van der Waals surface area (Å²) in [6, 6.07) is 16.1. The van der Waals surface area contributed by atoms with E-state index in [0.29, 0.717) is 0 Å². The van der Waals surface area contributed by atoms with Gasteiger partial charge in [-0.3, -0.25) is 0 Å². The van der Waals surface area contributed by atoms with Gasteiger partial charge < -0.3 is 24.3 Å². The zero-order chi connectivity index (χ0) is 25.3. The lowest BCUT2D eigenvalue weighted by Crippen LogP contribution is -2.41. The summed E-state index contributed by atoms with van der Waals surface area (Å²) >= 11 is 0. The molecule has 1 aromatic heterocycles. The number of H-pyrrole nitrogens is 1. The highest BCUT2D eigenvalue weighted by molar-refractivity contribution is 6.56. The van der Waals surface area contributed by atoms with Crippen molar-refractivity contribution in [1.82, 2.24) is 10.3 Å². The standard InChI is InChI=1S/C29H35BN2O4/c1-28(2)29(3,4)36-30(35-28)22(18-31-27(33)34-19-20-10-6-5-7-11-20)16-21-14-15-26-24(17-21)23-12-8-9-13-25(23)32-26/h5-7,10-11,14-17,32H,8-9,12-13,18-19H2,1-4H3,(H,31,33). The fourth-order valence-electron chi connectivity index (χ4n) is 4.87. The molecule has 6 nitrogen and oxygen atoms in total. The Hall–Kier alpha value is -3.03. The zero-order valence-electron chi connectivity index (χ0n) is 21.6. The number of carbonyl (C=O) groups excluding carboxylic acids is 1. The van der Waals surface area contributed by atoms with Crippen LogP contribution < -0.4 is 5.32 Å². The zero-order valence-corrected chi connectivity index (χ0v) is 21.6. The molecule has 1 aliphatic carbocycles. The molecule has 0 spiro atoms. The lowest BCUT2D eigenvalue weighted by Gasteiger charge is -2.32. The average molecular weight is 486 g/mol. The van der Waals surface area contributed by atoms with Crippen LogP contribution in [0.15, 0.2) is 54.0 Å². The molecule has 2 heterocycles. The summed E-state index contributed by atoms with van der Waals surface area (Å²) < 4.78 is 18.1. The predicted molar refractivity (Wildman–Crippen MR) is 144 cm³/mol. The molecule has 1 saturated heterocycles. The van der Waals surface area contributed by atoms with Gasteiger partial charge in [0.25, 0.3) is 0 Å². The largest absolute Gasteiger partial charge is 0.492 e. The van der Waals surface area contributed by atoms with Crippen LogP contribution in [-0.4, -0.2) is 35.9 Å². The van der Waals surface area contributed by atoms with Gasteiger partial charge in [0.1, 0.15) is 6.61 Å². The van der Waals surface area contributed by atoms with Crippen LogP contribution in [0.5, 0.6) is 0 Å². The van der Waals surface area contributed by atoms with Crippen molar-refractivity contribution in [2.75, 3.05) is 6.54 Å². The molecule has 1 aliphatic heterocycles. The number of ether oxygens (including phenoxy) is 1. The molecule has 0 radical (unpaired) electrons. The third kappa shape index (κ3) is 5.09. The summed E-state index contributed by atoms with van der Waals surface area (Å²) in [5.41, 5.74) is 5.87. The van der Waals surface area contributed by atoms with E-state index >= 15 is 0 Å². The third-order valence-electron chi connectivity index (χ3n) is 7.68. The average Bonchev–Trinajstić information content (AvgIpc) is 3.33. The first-order chi connectivity index (χ1) is 17.2. The number of alkyl carbamates (subject to hydrolysis) is 1. The third-order valence-corrected chi connectivity index (χ3v) is 7.68. The molecule has 2 aromatic carbocycles. The van der Waals surface area contributed by atoms with Gasteiger partial charge in [0.2, 0.25) is 0 Å². The minimum Gasteiger partial charge on any atom is -0.445 e. The summed E-state index contributed by atoms with van der Waals surface area (Å²) in [6.45, 7) is 8.61. The molecule has 1 amide bonds. The molecule has 0 saturated carbocycles. The summed E-state index contributed by atoms with van der Waals surface area (Å²) in [4.78, 5) is 16.1. The number of aryl methyl sites for hydroxylation is 2. The number of benzene rings is 2. The van der Waals surface area contributed by atoms with E-state index in [2.05, 4.69) is 34.6 Å². The number of amides is 1. The number of nitrogens with one attached hydrogen (secondary N) is 2. The normalized spacial score (nSPS) is 18.8. The van der Waals surface area contributed by atoms with Gasteiger partial charge in [-0.2, -0.15) is 0 Å². The fraction of sp³-hybridized carbons (Fsp3) is 0.414. The Morgan fingerprint density at radius 3 is 2.53 bits per heavy atom. The topological polar surface area (TPSA) is 72.6 Å². The lowest BCUT2D eigenvalue weighted by molar-refractivity contribution is 0.00578. The number of aromatic nitrogens is 1. The van der Waals surface area contributed by atoms with Crippen LogP contribution in [0.3, 0.4) is 0 Å². The first-order valence-corrected chi connectivity index (χ1v) is 12.9. The van der Waals surface area contributed by atoms with Gasteiger partial charge in [-0.05, 0) is 87.7 Å². The smallest absolute Gasteiger partial charge is 0.445 e. The van der Waals surface area contributed by atoms with Crippen molar-refractivity contribution in [3.63, 3.8) is 0 Å². The Labute approximate surface area is 213 Å². The van der Waals surface area contributed by atoms with E-state index in [1.165, 1.54) is 35.0 Å². The molecule has 7 heteroatoms. The SMILES string of the molecule is CC1(C)OB(C(=Cc2ccc3[nH]c4c(c3c2)CCCC4)CNC(=O)OCc2ccccc2)OC1(C)C. The Morgan fingerprint density at radius 2 is 1.78 bits per heavy atom. The van der Waals surface area contributed by atoms with E-state index in [9.17, 15) is 4.79 Å². The van der Waals surface area contributed by atoms with Crippen molar-refractivity contribution in [2.24, 2.45) is 0 Å². The van der Waals surface area contributed by atoms with Crippen LogP contribution in [0.1, 0.15) is 62.9 Å². The summed E-state index contributed by atoms with van der Waals surface area (Å²) in [5, 5.41) is 4.17. The lowest BCUT2D eigenvalue weighted by atomic mass is 9.77. The molecule has 36 heavy (non-hydrogen) atoms. The second-order valence-electron chi connectivity index (χ2n) is 10.8. The highest BCUT2D eigenvalue weighted by Gasteiger charge is 2.52. The Balaban J connectivity index is 1.37. The van der Waals surface area contributed by atoms with Crippen molar-refractivity contribution in [3.8, 4) is 0 Å². The van der Waals surface area contributed by atoms with E-state index in [1.807, 2.05) is 58.0 Å². The predicted octanol–water partition coefficient (Wildman–Crippen LogP) is 5.99. The minimum atomic E-state index is -0.569. The molecule has 2 aliphatic rings. The van der Waals surface area contributed by atoms with Crippen LogP contribution >= 0.6 is 0 Å². The van der Waals surface area contributed by atoms with Gasteiger partial charge in [0.15, 0.2) is 0 Å². The number of aromatic amines is 1. The molecule has 0 unspecified atom stereocenters. The Bertz CT molecular complexity index is 1260. The minimum absolute atomic E-state index is 0.220. The van der Waals surface area contributed by atoms with Crippen molar-refractivity contribution >= 4 is 30.2 Å². The molecular formula is C29H35BN2O4. The van der Waals surface area contributed by atoms with Crippen LogP contribution in [-0.2, 0) is 33.5 Å². The maximum atomic E-state index is 12.5. The number of fused-ring (bicyclic) bond motifs is 3. The van der Waals surface area contributed by atoms with Crippen molar-refractivity contribution in [1.29, 1.82) is 0 Å². The van der Waals surface area contributed by atoms with Gasteiger partial charge in [0.05, 0.1) is 11.2 Å². The molecular weight excluding hydrogens is 451 g/mol. The van der Waals surface area contributed by atoms with E-state index in [1.54, 1.807) is 0 Å². The molecule has 5 rings (SSSR count). The molecule has 188 valence electrons. The number of hydrogen-bond acceptors (Lipinski definition) is 4. The maximum Gasteiger partial charge on any atom is 0.492 e. The van der Waals surface area contributed by atoms with Crippen molar-refractivity contribution < 1.29 is 18.8 Å². The van der Waals surface area contributed by atoms with E-state index < -0.39 is 24.4 Å². The first-order valence-electron chi connectivity index (χ1n) is 12.9. The van der Waals surface area contributed by atoms with E-state index in [0.717, 1.165) is 29.4 Å². The monoisotopic (exact) mass is 486 g/mol.